The molecule has 0 unspecified atom stereocenters. The number of hydrogen-bond donors (Lipinski definition) is 2. The molecule has 0 saturated carbocycles. The lowest BCUT2D eigenvalue weighted by molar-refractivity contribution is -0.151. The fourth-order valence-corrected chi connectivity index (χ4v) is 4.10. The van der Waals surface area contributed by atoms with Gasteiger partial charge in [0.15, 0.2) is 11.5 Å². The SMILES string of the molecule is COc1cccc2c1OC[C@]1(C(=O)O)CN(Cc3cccnc3N)C[C@H]21. The van der Waals surface area contributed by atoms with Crippen LogP contribution in [0, 0.1) is 5.41 Å². The second-order valence-corrected chi connectivity index (χ2v) is 6.90. The highest BCUT2D eigenvalue weighted by atomic mass is 16.5. The van der Waals surface area contributed by atoms with Crippen molar-refractivity contribution in [2.45, 2.75) is 12.5 Å². The first-order valence-corrected chi connectivity index (χ1v) is 8.50. The highest BCUT2D eigenvalue weighted by molar-refractivity contribution is 5.79. The standard InChI is InChI=1S/C19H21N3O4/c1-25-15-6-2-5-13-14-9-22(8-12-4-3-7-21-17(12)20)10-19(14,18(23)24)11-26-16(13)15/h2-7,14H,8-11H2,1H3,(H2,20,21)(H,23,24)/t14-,19-/m1/s1. The predicted octanol–water partition coefficient (Wildman–Crippen LogP) is 1.74. The van der Waals surface area contributed by atoms with E-state index in [0.29, 0.717) is 37.0 Å². The van der Waals surface area contributed by atoms with Crippen LogP contribution in [0.1, 0.15) is 17.0 Å². The highest BCUT2D eigenvalue weighted by Crippen LogP contribution is 2.52. The molecule has 2 aromatic rings. The van der Waals surface area contributed by atoms with Crippen molar-refractivity contribution < 1.29 is 19.4 Å². The summed E-state index contributed by atoms with van der Waals surface area (Å²) in [5.74, 6) is 0.760. The van der Waals surface area contributed by atoms with Gasteiger partial charge in [-0.05, 0) is 12.1 Å². The van der Waals surface area contributed by atoms with Crippen LogP contribution < -0.4 is 15.2 Å². The molecule has 26 heavy (non-hydrogen) atoms. The topological polar surface area (TPSA) is 97.9 Å². The minimum Gasteiger partial charge on any atom is -0.493 e. The van der Waals surface area contributed by atoms with E-state index in [9.17, 15) is 9.90 Å². The lowest BCUT2D eigenvalue weighted by Crippen LogP contribution is -2.45. The number of para-hydroxylation sites is 1. The molecular formula is C19H21N3O4. The molecule has 2 atom stereocenters. The molecule has 1 aromatic heterocycles. The van der Waals surface area contributed by atoms with Gasteiger partial charge in [-0.15, -0.1) is 0 Å². The third-order valence-electron chi connectivity index (χ3n) is 5.44. The number of likely N-dealkylation sites (tertiary alicyclic amines) is 1. The summed E-state index contributed by atoms with van der Waals surface area (Å²) >= 11 is 0. The van der Waals surface area contributed by atoms with Crippen LogP contribution in [-0.2, 0) is 11.3 Å². The Labute approximate surface area is 151 Å². The Kier molecular flexibility index (Phi) is 3.96. The zero-order valence-corrected chi connectivity index (χ0v) is 14.5. The molecule has 136 valence electrons. The highest BCUT2D eigenvalue weighted by Gasteiger charge is 2.56. The summed E-state index contributed by atoms with van der Waals surface area (Å²) in [6.07, 6.45) is 1.65. The molecule has 0 amide bonds. The van der Waals surface area contributed by atoms with Crippen LogP contribution in [0.5, 0.6) is 11.5 Å². The lowest BCUT2D eigenvalue weighted by atomic mass is 9.73. The van der Waals surface area contributed by atoms with Crippen molar-refractivity contribution in [1.82, 2.24) is 9.88 Å². The Morgan fingerprint density at radius 3 is 3.04 bits per heavy atom. The van der Waals surface area contributed by atoms with Gasteiger partial charge < -0.3 is 20.3 Å². The van der Waals surface area contributed by atoms with Gasteiger partial charge in [0.2, 0.25) is 0 Å². The maximum Gasteiger partial charge on any atom is 0.315 e. The van der Waals surface area contributed by atoms with E-state index in [1.807, 2.05) is 30.3 Å². The monoisotopic (exact) mass is 355 g/mol. The summed E-state index contributed by atoms with van der Waals surface area (Å²) in [6.45, 7) is 1.70. The van der Waals surface area contributed by atoms with Gasteiger partial charge in [-0.3, -0.25) is 9.69 Å². The van der Waals surface area contributed by atoms with Gasteiger partial charge in [0.1, 0.15) is 17.8 Å². The van der Waals surface area contributed by atoms with Crippen molar-refractivity contribution in [1.29, 1.82) is 0 Å². The maximum atomic E-state index is 12.2. The van der Waals surface area contributed by atoms with Crippen LogP contribution in [0.3, 0.4) is 0 Å². The van der Waals surface area contributed by atoms with Crippen molar-refractivity contribution in [3.63, 3.8) is 0 Å². The quantitative estimate of drug-likeness (QED) is 0.862. The van der Waals surface area contributed by atoms with E-state index in [2.05, 4.69) is 9.88 Å². The summed E-state index contributed by atoms with van der Waals surface area (Å²) in [5.41, 5.74) is 6.77. The Balaban J connectivity index is 1.69. The van der Waals surface area contributed by atoms with Crippen molar-refractivity contribution in [2.75, 3.05) is 32.5 Å². The summed E-state index contributed by atoms with van der Waals surface area (Å²) in [5, 5.41) is 10.0. The third-order valence-corrected chi connectivity index (χ3v) is 5.44. The number of rotatable bonds is 4. The number of carboxylic acids is 1. The van der Waals surface area contributed by atoms with Crippen LogP contribution in [-0.4, -0.2) is 47.8 Å². The minimum atomic E-state index is -0.976. The first kappa shape index (κ1) is 16.7. The number of carboxylic acid groups (broad SMARTS) is 1. The fraction of sp³-hybridized carbons (Fsp3) is 0.368. The summed E-state index contributed by atoms with van der Waals surface area (Å²) in [6, 6.07) is 9.40. The van der Waals surface area contributed by atoms with E-state index < -0.39 is 11.4 Å². The van der Waals surface area contributed by atoms with Crippen LogP contribution in [0.2, 0.25) is 0 Å². The Morgan fingerprint density at radius 1 is 1.46 bits per heavy atom. The molecule has 3 heterocycles. The number of hydrogen-bond acceptors (Lipinski definition) is 6. The molecule has 2 aliphatic rings. The molecule has 0 spiro atoms. The zero-order valence-electron chi connectivity index (χ0n) is 14.5. The fourth-order valence-electron chi connectivity index (χ4n) is 4.10. The lowest BCUT2D eigenvalue weighted by Gasteiger charge is -2.36. The van der Waals surface area contributed by atoms with E-state index in [-0.39, 0.29) is 12.5 Å². The Bertz CT molecular complexity index is 856. The van der Waals surface area contributed by atoms with Crippen LogP contribution in [0.25, 0.3) is 0 Å². The predicted molar refractivity (Wildman–Crippen MR) is 95.2 cm³/mol. The minimum absolute atomic E-state index is 0.124. The Hall–Kier alpha value is -2.80. The van der Waals surface area contributed by atoms with Gasteiger partial charge in [-0.25, -0.2) is 4.98 Å². The van der Waals surface area contributed by atoms with Crippen molar-refractivity contribution in [2.24, 2.45) is 5.41 Å². The molecular weight excluding hydrogens is 334 g/mol. The number of benzene rings is 1. The number of anilines is 1. The molecule has 7 nitrogen and oxygen atoms in total. The van der Waals surface area contributed by atoms with Gasteiger partial charge in [-0.2, -0.15) is 0 Å². The molecule has 0 radical (unpaired) electrons. The van der Waals surface area contributed by atoms with Gasteiger partial charge >= 0.3 is 5.97 Å². The normalized spacial score (nSPS) is 24.4. The largest absolute Gasteiger partial charge is 0.493 e. The zero-order chi connectivity index (χ0) is 18.3. The second-order valence-electron chi connectivity index (χ2n) is 6.90. The summed E-state index contributed by atoms with van der Waals surface area (Å²) in [4.78, 5) is 18.4. The molecule has 1 aromatic carbocycles. The van der Waals surface area contributed by atoms with E-state index in [0.717, 1.165) is 11.1 Å². The average Bonchev–Trinajstić information content (AvgIpc) is 3.03. The van der Waals surface area contributed by atoms with Crippen LogP contribution in [0.4, 0.5) is 5.82 Å². The number of methoxy groups -OCH3 is 1. The molecule has 0 aliphatic carbocycles. The van der Waals surface area contributed by atoms with Gasteiger partial charge in [0.25, 0.3) is 0 Å². The van der Waals surface area contributed by atoms with E-state index in [1.54, 1.807) is 13.3 Å². The maximum absolute atomic E-state index is 12.2. The molecule has 1 fully saturated rings. The average molecular weight is 355 g/mol. The number of aromatic nitrogens is 1. The number of pyridine rings is 1. The van der Waals surface area contributed by atoms with Gasteiger partial charge in [-0.1, -0.05) is 18.2 Å². The van der Waals surface area contributed by atoms with E-state index in [1.165, 1.54) is 0 Å². The second kappa shape index (κ2) is 6.17. The molecule has 0 bridgehead atoms. The summed E-state index contributed by atoms with van der Waals surface area (Å²) < 4.78 is 11.3. The molecule has 7 heteroatoms. The number of ether oxygens (including phenoxy) is 2. The number of nitrogens with zero attached hydrogens (tertiary/aromatic N) is 2. The number of nitrogens with two attached hydrogens (primary N) is 1. The van der Waals surface area contributed by atoms with Crippen molar-refractivity contribution >= 4 is 11.8 Å². The molecule has 3 N–H and O–H groups in total. The van der Waals surface area contributed by atoms with Crippen LogP contribution >= 0.6 is 0 Å². The first-order chi connectivity index (χ1) is 12.5. The number of carbonyl (C=O) groups is 1. The summed E-state index contributed by atoms with van der Waals surface area (Å²) in [7, 11) is 1.59. The van der Waals surface area contributed by atoms with Crippen LogP contribution in [0.15, 0.2) is 36.5 Å². The first-order valence-electron chi connectivity index (χ1n) is 8.50. The van der Waals surface area contributed by atoms with E-state index in [4.69, 9.17) is 15.2 Å². The Morgan fingerprint density at radius 2 is 2.31 bits per heavy atom. The third kappa shape index (κ3) is 2.47. The molecule has 1 saturated heterocycles. The molecule has 2 aliphatic heterocycles. The van der Waals surface area contributed by atoms with Crippen molar-refractivity contribution in [3.8, 4) is 11.5 Å². The van der Waals surface area contributed by atoms with E-state index >= 15 is 0 Å². The number of nitrogen functional groups attached to an aromatic ring is 1. The van der Waals surface area contributed by atoms with Gasteiger partial charge in [0, 0.05) is 42.9 Å². The number of aliphatic carboxylic acids is 1. The molecule has 4 rings (SSSR count). The smallest absolute Gasteiger partial charge is 0.315 e. The number of fused-ring (bicyclic) bond motifs is 3. The van der Waals surface area contributed by atoms with Crippen molar-refractivity contribution in [3.05, 3.63) is 47.7 Å². The van der Waals surface area contributed by atoms with Gasteiger partial charge in [0.05, 0.1) is 7.11 Å².